The number of benzene rings is 1. The molecule has 0 fully saturated rings. The average Bonchev–Trinajstić information content (AvgIpc) is 2.30. The fraction of sp³-hybridized carbons (Fsp3) is 0.364. The summed E-state index contributed by atoms with van der Waals surface area (Å²) in [6.07, 6.45) is 0. The van der Waals surface area contributed by atoms with Gasteiger partial charge in [0.1, 0.15) is 0 Å². The molecular weight excluding hydrogens is 320 g/mol. The van der Waals surface area contributed by atoms with E-state index in [9.17, 15) is 13.2 Å². The van der Waals surface area contributed by atoms with Crippen LogP contribution < -0.4 is 10.0 Å². The van der Waals surface area contributed by atoms with E-state index in [0.717, 1.165) is 10.0 Å². The van der Waals surface area contributed by atoms with Crippen molar-refractivity contribution in [2.45, 2.75) is 24.8 Å². The summed E-state index contributed by atoms with van der Waals surface area (Å²) in [6.45, 7) is 3.29. The van der Waals surface area contributed by atoms with Gasteiger partial charge in [0.25, 0.3) is 0 Å². The van der Waals surface area contributed by atoms with Crippen molar-refractivity contribution in [1.29, 1.82) is 0 Å². The largest absolute Gasteiger partial charge is 0.358 e. The number of amides is 1. The molecule has 1 amide bonds. The van der Waals surface area contributed by atoms with Crippen molar-refractivity contribution < 1.29 is 13.2 Å². The van der Waals surface area contributed by atoms with Crippen LogP contribution in [0.4, 0.5) is 0 Å². The Morgan fingerprint density at radius 1 is 1.39 bits per heavy atom. The number of aryl methyl sites for hydroxylation is 1. The first-order chi connectivity index (χ1) is 8.27. The first-order valence-electron chi connectivity index (χ1n) is 5.28. The molecule has 0 spiro atoms. The Hall–Kier alpha value is -0.920. The van der Waals surface area contributed by atoms with Gasteiger partial charge in [-0.2, -0.15) is 4.72 Å². The van der Waals surface area contributed by atoms with Gasteiger partial charge in [-0.1, -0.05) is 15.9 Å². The number of hydrogen-bond donors (Lipinski definition) is 2. The Bertz CT molecular complexity index is 557. The zero-order valence-corrected chi connectivity index (χ0v) is 12.7. The number of likely N-dealkylation sites (N-methyl/N-ethyl adjacent to an activating group) is 1. The van der Waals surface area contributed by atoms with Crippen LogP contribution in [0.3, 0.4) is 0 Å². The van der Waals surface area contributed by atoms with Gasteiger partial charge in [0, 0.05) is 11.5 Å². The molecule has 7 heteroatoms. The van der Waals surface area contributed by atoms with Gasteiger partial charge in [-0.15, -0.1) is 0 Å². The molecule has 0 aliphatic heterocycles. The van der Waals surface area contributed by atoms with E-state index in [1.54, 1.807) is 19.1 Å². The summed E-state index contributed by atoms with van der Waals surface area (Å²) in [4.78, 5) is 11.4. The van der Waals surface area contributed by atoms with Crippen LogP contribution in [-0.2, 0) is 14.8 Å². The van der Waals surface area contributed by atoms with Crippen LogP contribution in [0, 0.1) is 6.92 Å². The van der Waals surface area contributed by atoms with E-state index in [1.165, 1.54) is 20.0 Å². The second-order valence-corrected chi connectivity index (χ2v) is 6.44. The van der Waals surface area contributed by atoms with E-state index in [4.69, 9.17) is 0 Å². The maximum Gasteiger partial charge on any atom is 0.241 e. The lowest BCUT2D eigenvalue weighted by Gasteiger charge is -2.13. The van der Waals surface area contributed by atoms with Crippen LogP contribution in [0.5, 0.6) is 0 Å². The Morgan fingerprint density at radius 2 is 2.00 bits per heavy atom. The Morgan fingerprint density at radius 3 is 2.50 bits per heavy atom. The Labute approximate surface area is 115 Å². The van der Waals surface area contributed by atoms with Crippen LogP contribution in [0.1, 0.15) is 12.5 Å². The van der Waals surface area contributed by atoms with E-state index in [-0.39, 0.29) is 10.8 Å². The van der Waals surface area contributed by atoms with E-state index in [1.807, 2.05) is 0 Å². The van der Waals surface area contributed by atoms with Crippen LogP contribution in [0.2, 0.25) is 0 Å². The summed E-state index contributed by atoms with van der Waals surface area (Å²) < 4.78 is 27.2. The van der Waals surface area contributed by atoms with Gasteiger partial charge in [-0.05, 0) is 37.6 Å². The lowest BCUT2D eigenvalue weighted by molar-refractivity contribution is -0.121. The highest BCUT2D eigenvalue weighted by atomic mass is 79.9. The Kier molecular flexibility index (Phi) is 4.89. The fourth-order valence-corrected chi connectivity index (χ4v) is 2.89. The standard InChI is InChI=1S/C11H15BrN2O3S/c1-7-6-9(4-5-10(7)12)18(16,17)14-8(2)11(15)13-3/h4-6,8,14H,1-3H3,(H,13,15). The lowest BCUT2D eigenvalue weighted by atomic mass is 10.2. The van der Waals surface area contributed by atoms with Crippen molar-refractivity contribution in [1.82, 2.24) is 10.0 Å². The van der Waals surface area contributed by atoms with Crippen LogP contribution >= 0.6 is 15.9 Å². The number of halogens is 1. The van der Waals surface area contributed by atoms with E-state index >= 15 is 0 Å². The average molecular weight is 335 g/mol. The molecule has 0 aliphatic rings. The smallest absolute Gasteiger partial charge is 0.241 e. The summed E-state index contributed by atoms with van der Waals surface area (Å²) in [5.41, 5.74) is 0.811. The highest BCUT2D eigenvalue weighted by Crippen LogP contribution is 2.20. The molecule has 5 nitrogen and oxygen atoms in total. The van der Waals surface area contributed by atoms with Gasteiger partial charge in [-0.3, -0.25) is 4.79 Å². The molecule has 100 valence electrons. The number of sulfonamides is 1. The molecule has 0 saturated carbocycles. The van der Waals surface area contributed by atoms with E-state index < -0.39 is 16.1 Å². The van der Waals surface area contributed by atoms with Gasteiger partial charge in [0.15, 0.2) is 0 Å². The first kappa shape index (κ1) is 15.1. The molecule has 1 rings (SSSR count). The summed E-state index contributed by atoms with van der Waals surface area (Å²) >= 11 is 3.30. The predicted molar refractivity (Wildman–Crippen MR) is 72.7 cm³/mol. The lowest BCUT2D eigenvalue weighted by Crippen LogP contribution is -2.43. The minimum absolute atomic E-state index is 0.138. The molecule has 0 radical (unpaired) electrons. The van der Waals surface area contributed by atoms with E-state index in [0.29, 0.717) is 0 Å². The second-order valence-electron chi connectivity index (χ2n) is 3.87. The summed E-state index contributed by atoms with van der Waals surface area (Å²) in [7, 11) is -2.23. The zero-order valence-electron chi connectivity index (χ0n) is 10.3. The highest BCUT2D eigenvalue weighted by Gasteiger charge is 2.21. The SMILES string of the molecule is CNC(=O)C(C)NS(=O)(=O)c1ccc(Br)c(C)c1. The van der Waals surface area contributed by atoms with Gasteiger partial charge in [-0.25, -0.2) is 8.42 Å². The van der Waals surface area contributed by atoms with Crippen molar-refractivity contribution in [2.24, 2.45) is 0 Å². The number of carbonyl (C=O) groups is 1. The molecule has 0 aliphatic carbocycles. The molecule has 18 heavy (non-hydrogen) atoms. The maximum absolute atomic E-state index is 12.0. The quantitative estimate of drug-likeness (QED) is 0.867. The molecule has 0 bridgehead atoms. The number of rotatable bonds is 4. The van der Waals surface area contributed by atoms with Crippen molar-refractivity contribution in [3.8, 4) is 0 Å². The van der Waals surface area contributed by atoms with E-state index in [2.05, 4.69) is 26.0 Å². The topological polar surface area (TPSA) is 75.3 Å². The molecule has 0 heterocycles. The third-order valence-corrected chi connectivity index (χ3v) is 4.84. The molecule has 1 aromatic carbocycles. The second kappa shape index (κ2) is 5.81. The predicted octanol–water partition coefficient (Wildman–Crippen LogP) is 1.17. The summed E-state index contributed by atoms with van der Waals surface area (Å²) in [6, 6.07) is 3.87. The van der Waals surface area contributed by atoms with Gasteiger partial charge in [0.2, 0.25) is 15.9 Å². The number of carbonyl (C=O) groups excluding carboxylic acids is 1. The van der Waals surface area contributed by atoms with Crippen molar-refractivity contribution in [3.63, 3.8) is 0 Å². The Balaban J connectivity index is 3.00. The van der Waals surface area contributed by atoms with Crippen LogP contribution in [-0.4, -0.2) is 27.4 Å². The minimum atomic E-state index is -3.69. The zero-order chi connectivity index (χ0) is 13.9. The molecule has 0 aromatic heterocycles. The third-order valence-electron chi connectivity index (χ3n) is 2.41. The van der Waals surface area contributed by atoms with Crippen molar-refractivity contribution in [2.75, 3.05) is 7.05 Å². The minimum Gasteiger partial charge on any atom is -0.358 e. The molecule has 1 unspecified atom stereocenters. The molecular formula is C11H15BrN2O3S. The molecule has 1 atom stereocenters. The monoisotopic (exact) mass is 334 g/mol. The van der Waals surface area contributed by atoms with Gasteiger partial charge in [0.05, 0.1) is 10.9 Å². The van der Waals surface area contributed by atoms with Crippen molar-refractivity contribution >= 4 is 31.9 Å². The summed E-state index contributed by atoms with van der Waals surface area (Å²) in [5, 5.41) is 2.39. The molecule has 1 aromatic rings. The van der Waals surface area contributed by atoms with Gasteiger partial charge < -0.3 is 5.32 Å². The summed E-state index contributed by atoms with van der Waals surface area (Å²) in [5.74, 6) is -0.382. The molecule has 2 N–H and O–H groups in total. The van der Waals surface area contributed by atoms with Crippen LogP contribution in [0.15, 0.2) is 27.6 Å². The maximum atomic E-state index is 12.0. The van der Waals surface area contributed by atoms with Crippen molar-refractivity contribution in [3.05, 3.63) is 28.2 Å². The number of hydrogen-bond acceptors (Lipinski definition) is 3. The highest BCUT2D eigenvalue weighted by molar-refractivity contribution is 9.10. The molecule has 0 saturated heterocycles. The van der Waals surface area contributed by atoms with Crippen LogP contribution in [0.25, 0.3) is 0 Å². The first-order valence-corrected chi connectivity index (χ1v) is 7.55. The van der Waals surface area contributed by atoms with Gasteiger partial charge >= 0.3 is 0 Å². The number of nitrogens with one attached hydrogen (secondary N) is 2. The fourth-order valence-electron chi connectivity index (χ4n) is 1.36. The normalized spacial score (nSPS) is 13.1. The third kappa shape index (κ3) is 3.54.